The highest BCUT2D eigenvalue weighted by molar-refractivity contribution is 9.10. The van der Waals surface area contributed by atoms with Crippen LogP contribution in [-0.4, -0.2) is 88.7 Å². The van der Waals surface area contributed by atoms with E-state index < -0.39 is 35.3 Å². The van der Waals surface area contributed by atoms with Gasteiger partial charge in [-0.2, -0.15) is 0 Å². The van der Waals surface area contributed by atoms with Crippen LogP contribution in [0.25, 0.3) is 0 Å². The number of fused-ring (bicyclic) bond motifs is 1. The Morgan fingerprint density at radius 1 is 0.912 bits per heavy atom. The largest absolute Gasteiger partial charge is 0.496 e. The van der Waals surface area contributed by atoms with Gasteiger partial charge in [-0.1, -0.05) is 15.9 Å². The number of hydrogen-bond acceptors (Lipinski definition) is 8. The first-order chi connectivity index (χ1) is 16.3. The molecule has 0 spiro atoms. The van der Waals surface area contributed by atoms with Crippen LogP contribution < -0.4 is 4.74 Å². The second kappa shape index (κ2) is 7.73. The number of methoxy groups -OCH3 is 1. The van der Waals surface area contributed by atoms with E-state index in [1.54, 1.807) is 26.0 Å². The van der Waals surface area contributed by atoms with Gasteiger partial charge in [0.15, 0.2) is 0 Å². The SMILES string of the molecule is CCOC(=O)[C@]12N3COCN1C(=O)N1Cc4c(OC)ccc(Br)c4CN(C3=O)[C@]12C(=O)OCC. The van der Waals surface area contributed by atoms with Crippen molar-refractivity contribution in [3.63, 3.8) is 0 Å². The Labute approximate surface area is 203 Å². The number of carbonyl (C=O) groups is 4. The molecular formula is C21H23BrN4O8. The molecule has 1 aromatic carbocycles. The number of nitrogens with zero attached hydrogens (tertiary/aromatic N) is 4. The van der Waals surface area contributed by atoms with Crippen LogP contribution in [0.1, 0.15) is 25.0 Å². The molecule has 34 heavy (non-hydrogen) atoms. The van der Waals surface area contributed by atoms with Gasteiger partial charge in [0.25, 0.3) is 11.3 Å². The van der Waals surface area contributed by atoms with Gasteiger partial charge in [0.05, 0.1) is 33.4 Å². The number of carbonyl (C=O) groups excluding carboxylic acids is 4. The molecule has 3 saturated heterocycles. The molecule has 0 bridgehead atoms. The number of ether oxygens (including phenoxy) is 4. The molecule has 0 radical (unpaired) electrons. The van der Waals surface area contributed by atoms with E-state index in [2.05, 4.69) is 15.9 Å². The highest BCUT2D eigenvalue weighted by Gasteiger charge is 2.88. The Hall–Kier alpha value is -3.06. The number of urea groups is 2. The Kier molecular flexibility index (Phi) is 5.17. The maximum atomic E-state index is 13.9. The van der Waals surface area contributed by atoms with Gasteiger partial charge in [0, 0.05) is 10.0 Å². The predicted molar refractivity (Wildman–Crippen MR) is 116 cm³/mol. The number of benzene rings is 1. The van der Waals surface area contributed by atoms with Crippen LogP contribution in [0.5, 0.6) is 5.75 Å². The van der Waals surface area contributed by atoms with Crippen molar-refractivity contribution in [1.82, 2.24) is 19.6 Å². The zero-order chi connectivity index (χ0) is 24.4. The van der Waals surface area contributed by atoms with E-state index >= 15 is 0 Å². The molecule has 0 saturated carbocycles. The molecule has 1 aromatic rings. The second-order valence-corrected chi connectivity index (χ2v) is 8.90. The quantitative estimate of drug-likeness (QED) is 0.516. The van der Waals surface area contributed by atoms with Crippen molar-refractivity contribution in [2.24, 2.45) is 0 Å². The van der Waals surface area contributed by atoms with Crippen LogP contribution in [0.4, 0.5) is 9.59 Å². The average Bonchev–Trinajstić information content (AvgIpc) is 3.09. The molecule has 4 amide bonds. The van der Waals surface area contributed by atoms with E-state index in [-0.39, 0.29) is 39.8 Å². The second-order valence-electron chi connectivity index (χ2n) is 8.05. The molecule has 4 aliphatic rings. The van der Waals surface area contributed by atoms with Crippen molar-refractivity contribution in [1.29, 1.82) is 0 Å². The fourth-order valence-electron chi connectivity index (χ4n) is 5.46. The molecule has 0 aromatic heterocycles. The van der Waals surface area contributed by atoms with Crippen molar-refractivity contribution in [3.05, 3.63) is 27.7 Å². The van der Waals surface area contributed by atoms with Crippen LogP contribution in [0, 0.1) is 0 Å². The lowest BCUT2D eigenvalue weighted by Crippen LogP contribution is -2.77. The van der Waals surface area contributed by atoms with Gasteiger partial charge >= 0.3 is 24.0 Å². The van der Waals surface area contributed by atoms with Crippen molar-refractivity contribution in [2.45, 2.75) is 38.3 Å². The Morgan fingerprint density at radius 2 is 1.41 bits per heavy atom. The summed E-state index contributed by atoms with van der Waals surface area (Å²) in [6.07, 6.45) is 0. The summed E-state index contributed by atoms with van der Waals surface area (Å²) in [5, 5.41) is 0. The maximum absolute atomic E-state index is 13.9. The lowest BCUT2D eigenvalue weighted by molar-refractivity contribution is -0.212. The molecule has 0 unspecified atom stereocenters. The van der Waals surface area contributed by atoms with Gasteiger partial charge in [-0.3, -0.25) is 19.6 Å². The zero-order valence-electron chi connectivity index (χ0n) is 18.8. The third-order valence-electron chi connectivity index (χ3n) is 6.72. The topological polar surface area (TPSA) is 118 Å². The minimum absolute atomic E-state index is 0.0238. The Bertz CT molecular complexity index is 1110. The monoisotopic (exact) mass is 538 g/mol. The number of amides is 4. The van der Waals surface area contributed by atoms with E-state index in [1.807, 2.05) is 0 Å². The highest BCUT2D eigenvalue weighted by Crippen LogP contribution is 2.57. The van der Waals surface area contributed by atoms with Crippen molar-refractivity contribution in [3.8, 4) is 5.75 Å². The van der Waals surface area contributed by atoms with E-state index in [0.29, 0.717) is 21.3 Å². The molecule has 3 fully saturated rings. The number of esters is 2. The van der Waals surface area contributed by atoms with Gasteiger partial charge in [-0.05, 0) is 31.5 Å². The van der Waals surface area contributed by atoms with E-state index in [9.17, 15) is 19.2 Å². The highest BCUT2D eigenvalue weighted by atomic mass is 79.9. The summed E-state index contributed by atoms with van der Waals surface area (Å²) in [4.78, 5) is 59.9. The predicted octanol–water partition coefficient (Wildman–Crippen LogP) is 1.41. The van der Waals surface area contributed by atoms with Crippen molar-refractivity contribution < 1.29 is 38.1 Å². The van der Waals surface area contributed by atoms with Gasteiger partial charge in [-0.15, -0.1) is 0 Å². The molecule has 12 nitrogen and oxygen atoms in total. The van der Waals surface area contributed by atoms with Gasteiger partial charge in [0.2, 0.25) is 0 Å². The third kappa shape index (κ3) is 2.40. The summed E-state index contributed by atoms with van der Waals surface area (Å²) in [5.74, 6) is -1.34. The average molecular weight is 539 g/mol. The summed E-state index contributed by atoms with van der Waals surface area (Å²) in [5.41, 5.74) is -3.02. The van der Waals surface area contributed by atoms with Gasteiger partial charge < -0.3 is 18.9 Å². The molecule has 182 valence electrons. The minimum Gasteiger partial charge on any atom is -0.496 e. The van der Waals surface area contributed by atoms with Crippen LogP contribution in [0.3, 0.4) is 0 Å². The van der Waals surface area contributed by atoms with Crippen LogP contribution in [0.15, 0.2) is 16.6 Å². The first-order valence-electron chi connectivity index (χ1n) is 10.8. The minimum atomic E-state index is -2.14. The van der Waals surface area contributed by atoms with E-state index in [1.165, 1.54) is 16.9 Å². The molecule has 0 aliphatic carbocycles. The lowest BCUT2D eigenvalue weighted by atomic mass is 9.90. The normalized spacial score (nSPS) is 26.8. The molecule has 0 N–H and O–H groups in total. The molecule has 5 rings (SSSR count). The smallest absolute Gasteiger partial charge is 0.359 e. The van der Waals surface area contributed by atoms with Gasteiger partial charge in [0.1, 0.15) is 19.2 Å². The summed E-state index contributed by atoms with van der Waals surface area (Å²) < 4.78 is 22.5. The molecular weight excluding hydrogens is 516 g/mol. The summed E-state index contributed by atoms with van der Waals surface area (Å²) in [6, 6.07) is 2.16. The van der Waals surface area contributed by atoms with Crippen molar-refractivity contribution in [2.75, 3.05) is 33.8 Å². The molecule has 4 aliphatic heterocycles. The number of hydrogen-bond donors (Lipinski definition) is 0. The van der Waals surface area contributed by atoms with Crippen LogP contribution in [0.2, 0.25) is 0 Å². The fraction of sp³-hybridized carbons (Fsp3) is 0.524. The van der Waals surface area contributed by atoms with Crippen LogP contribution >= 0.6 is 15.9 Å². The Balaban J connectivity index is 1.86. The summed E-state index contributed by atoms with van der Waals surface area (Å²) in [6.45, 7) is 2.33. The first-order valence-corrected chi connectivity index (χ1v) is 11.6. The molecule has 2 atom stereocenters. The third-order valence-corrected chi connectivity index (χ3v) is 7.46. The fourth-order valence-corrected chi connectivity index (χ4v) is 5.95. The standard InChI is InChI=1S/C21H23BrN4O8/c1-4-33-16(27)20-21(17(28)34-5-2)25-10-32-11-26(21)19(30)24(20)9-13-12(8-23(20)18(25)29)14(22)6-7-15(13)31-3/h6-7H,4-5,8-11H2,1-3H3/t20-,21+/m1/s1. The lowest BCUT2D eigenvalue weighted by Gasteiger charge is -2.46. The summed E-state index contributed by atoms with van der Waals surface area (Å²) >= 11 is 3.52. The molecule has 13 heteroatoms. The van der Waals surface area contributed by atoms with Gasteiger partial charge in [-0.25, -0.2) is 19.2 Å². The first kappa shape index (κ1) is 22.7. The van der Waals surface area contributed by atoms with E-state index in [0.717, 1.165) is 9.80 Å². The number of rotatable bonds is 5. The maximum Gasteiger partial charge on any atom is 0.359 e. The summed E-state index contributed by atoms with van der Waals surface area (Å²) in [7, 11) is 1.49. The van der Waals surface area contributed by atoms with Crippen molar-refractivity contribution >= 4 is 39.9 Å². The number of halogens is 1. The zero-order valence-corrected chi connectivity index (χ0v) is 20.4. The van der Waals surface area contributed by atoms with E-state index in [4.69, 9.17) is 18.9 Å². The Morgan fingerprint density at radius 3 is 1.91 bits per heavy atom. The van der Waals surface area contributed by atoms with Crippen LogP contribution in [-0.2, 0) is 36.9 Å². The molecule has 4 heterocycles.